The first-order chi connectivity index (χ1) is 14.0. The Morgan fingerprint density at radius 1 is 0.897 bits per heavy atom. The van der Waals surface area contributed by atoms with Gasteiger partial charge < -0.3 is 24.1 Å². The molecule has 0 aliphatic heterocycles. The molecule has 0 saturated carbocycles. The molecule has 1 amide bonds. The van der Waals surface area contributed by atoms with Crippen LogP contribution in [0.5, 0.6) is 17.2 Å². The number of carbonyl (C=O) groups is 1. The summed E-state index contributed by atoms with van der Waals surface area (Å²) in [4.78, 5) is 24.9. The summed E-state index contributed by atoms with van der Waals surface area (Å²) in [6, 6.07) is 15.3. The van der Waals surface area contributed by atoms with Gasteiger partial charge in [0.2, 0.25) is 0 Å². The summed E-state index contributed by atoms with van der Waals surface area (Å²) in [6.45, 7) is 0.271. The first-order valence-electron chi connectivity index (χ1n) is 8.90. The van der Waals surface area contributed by atoms with Crippen LogP contribution in [0.2, 0.25) is 0 Å². The van der Waals surface area contributed by atoms with E-state index < -0.39 is 0 Å². The van der Waals surface area contributed by atoms with Crippen molar-refractivity contribution in [2.75, 3.05) is 26.6 Å². The molecule has 0 spiro atoms. The maximum absolute atomic E-state index is 12.6. The maximum Gasteiger partial charge on any atom is 0.257 e. The lowest BCUT2D eigenvalue weighted by Crippen LogP contribution is -2.22. The van der Waals surface area contributed by atoms with Gasteiger partial charge >= 0.3 is 0 Å². The highest BCUT2D eigenvalue weighted by Gasteiger charge is 2.10. The number of anilines is 1. The maximum atomic E-state index is 12.6. The molecule has 1 N–H and O–H groups in total. The fourth-order valence-corrected chi connectivity index (χ4v) is 2.85. The zero-order valence-corrected chi connectivity index (χ0v) is 16.5. The van der Waals surface area contributed by atoms with Crippen molar-refractivity contribution in [3.05, 3.63) is 82.3 Å². The number of methoxy groups -OCH3 is 3. The van der Waals surface area contributed by atoms with E-state index in [4.69, 9.17) is 14.2 Å². The molecular formula is C22H22N2O5. The Morgan fingerprint density at radius 3 is 2.24 bits per heavy atom. The van der Waals surface area contributed by atoms with Crippen molar-refractivity contribution in [3.8, 4) is 17.2 Å². The zero-order valence-electron chi connectivity index (χ0n) is 16.5. The first kappa shape index (κ1) is 20.0. The van der Waals surface area contributed by atoms with Crippen LogP contribution in [0.3, 0.4) is 0 Å². The molecule has 0 bridgehead atoms. The summed E-state index contributed by atoms with van der Waals surface area (Å²) in [5.41, 5.74) is 1.56. The smallest absolute Gasteiger partial charge is 0.257 e. The van der Waals surface area contributed by atoms with Gasteiger partial charge in [-0.15, -0.1) is 0 Å². The molecule has 7 nitrogen and oxygen atoms in total. The molecule has 3 rings (SSSR count). The molecule has 0 aliphatic carbocycles. The highest BCUT2D eigenvalue weighted by Crippen LogP contribution is 2.23. The number of hydrogen-bond acceptors (Lipinski definition) is 5. The minimum absolute atomic E-state index is 0.218. The minimum atomic E-state index is -0.324. The van der Waals surface area contributed by atoms with Crippen molar-refractivity contribution in [2.24, 2.45) is 0 Å². The number of hydrogen-bond donors (Lipinski definition) is 1. The van der Waals surface area contributed by atoms with Gasteiger partial charge in [-0.05, 0) is 35.9 Å². The van der Waals surface area contributed by atoms with Crippen molar-refractivity contribution < 1.29 is 19.0 Å². The number of aromatic nitrogens is 1. The largest absolute Gasteiger partial charge is 0.497 e. The third-order valence-electron chi connectivity index (χ3n) is 4.34. The van der Waals surface area contributed by atoms with Gasteiger partial charge in [0.25, 0.3) is 11.5 Å². The van der Waals surface area contributed by atoms with Crippen LogP contribution in [-0.2, 0) is 6.54 Å². The van der Waals surface area contributed by atoms with E-state index in [9.17, 15) is 9.59 Å². The van der Waals surface area contributed by atoms with E-state index in [2.05, 4.69) is 5.32 Å². The van der Waals surface area contributed by atoms with E-state index in [0.717, 1.165) is 5.56 Å². The molecule has 3 aromatic rings. The van der Waals surface area contributed by atoms with Gasteiger partial charge in [-0.25, -0.2) is 0 Å². The van der Waals surface area contributed by atoms with Crippen LogP contribution in [0.1, 0.15) is 15.9 Å². The Kier molecular flexibility index (Phi) is 6.19. The topological polar surface area (TPSA) is 78.8 Å². The van der Waals surface area contributed by atoms with Gasteiger partial charge in [-0.3, -0.25) is 9.59 Å². The van der Waals surface area contributed by atoms with Crippen molar-refractivity contribution in [2.45, 2.75) is 6.54 Å². The van der Waals surface area contributed by atoms with E-state index in [1.807, 2.05) is 12.1 Å². The van der Waals surface area contributed by atoms with Crippen molar-refractivity contribution >= 4 is 11.6 Å². The summed E-state index contributed by atoms with van der Waals surface area (Å²) in [5.74, 6) is 1.56. The molecule has 1 heterocycles. The predicted octanol–water partition coefficient (Wildman–Crippen LogP) is 3.17. The Hall–Kier alpha value is -3.74. The molecule has 29 heavy (non-hydrogen) atoms. The lowest BCUT2D eigenvalue weighted by molar-refractivity contribution is 0.102. The Labute approximate surface area is 168 Å². The number of carbonyl (C=O) groups excluding carboxylic acids is 1. The van der Waals surface area contributed by atoms with E-state index >= 15 is 0 Å². The normalized spacial score (nSPS) is 10.3. The number of nitrogens with zero attached hydrogens (tertiary/aromatic N) is 1. The summed E-state index contributed by atoms with van der Waals surface area (Å²) in [7, 11) is 4.69. The molecule has 0 saturated heterocycles. The molecule has 0 atom stereocenters. The molecule has 0 unspecified atom stereocenters. The lowest BCUT2D eigenvalue weighted by atomic mass is 10.2. The van der Waals surface area contributed by atoms with Crippen LogP contribution in [0.15, 0.2) is 65.6 Å². The van der Waals surface area contributed by atoms with Crippen LogP contribution < -0.4 is 25.1 Å². The average Bonchev–Trinajstić information content (AvgIpc) is 2.75. The standard InChI is InChI=1S/C22H22N2O5/c1-27-18-6-4-5-17(11-18)23-22(26)16-7-8-21(25)24(14-16)13-15-9-19(28-2)12-20(10-15)29-3/h4-12,14H,13H2,1-3H3,(H,23,26). The summed E-state index contributed by atoms with van der Waals surface area (Å²) < 4.78 is 17.2. The zero-order chi connectivity index (χ0) is 20.8. The van der Waals surface area contributed by atoms with Crippen LogP contribution in [0.25, 0.3) is 0 Å². The van der Waals surface area contributed by atoms with E-state index in [1.54, 1.807) is 51.7 Å². The molecule has 0 radical (unpaired) electrons. The van der Waals surface area contributed by atoms with Gasteiger partial charge in [0.05, 0.1) is 33.4 Å². The van der Waals surface area contributed by atoms with Gasteiger partial charge in [0.1, 0.15) is 17.2 Å². The van der Waals surface area contributed by atoms with Gasteiger partial charge in [-0.2, -0.15) is 0 Å². The fourth-order valence-electron chi connectivity index (χ4n) is 2.85. The Balaban J connectivity index is 1.84. The quantitative estimate of drug-likeness (QED) is 0.666. The SMILES string of the molecule is COc1cccc(NC(=O)c2ccc(=O)n(Cc3cc(OC)cc(OC)c3)c2)c1. The molecular weight excluding hydrogens is 372 g/mol. The van der Waals surface area contributed by atoms with Gasteiger partial charge in [-0.1, -0.05) is 6.07 Å². The Bertz CT molecular complexity index is 1050. The number of benzene rings is 2. The number of nitrogens with one attached hydrogen (secondary N) is 1. The van der Waals surface area contributed by atoms with Crippen molar-refractivity contribution in [1.82, 2.24) is 4.57 Å². The number of amides is 1. The van der Waals surface area contributed by atoms with Crippen LogP contribution in [-0.4, -0.2) is 31.8 Å². The second kappa shape index (κ2) is 8.97. The summed E-state index contributed by atoms with van der Waals surface area (Å²) in [5, 5.41) is 2.81. The molecule has 2 aromatic carbocycles. The minimum Gasteiger partial charge on any atom is -0.497 e. The predicted molar refractivity (Wildman–Crippen MR) is 110 cm³/mol. The van der Waals surface area contributed by atoms with Gasteiger partial charge in [0.15, 0.2) is 0 Å². The second-order valence-corrected chi connectivity index (χ2v) is 6.29. The van der Waals surface area contributed by atoms with Crippen LogP contribution >= 0.6 is 0 Å². The van der Waals surface area contributed by atoms with E-state index in [-0.39, 0.29) is 18.0 Å². The molecule has 0 fully saturated rings. The number of ether oxygens (including phenoxy) is 3. The highest BCUT2D eigenvalue weighted by molar-refractivity contribution is 6.04. The lowest BCUT2D eigenvalue weighted by Gasteiger charge is -2.12. The second-order valence-electron chi connectivity index (χ2n) is 6.29. The van der Waals surface area contributed by atoms with E-state index in [1.165, 1.54) is 22.9 Å². The third-order valence-corrected chi connectivity index (χ3v) is 4.34. The number of pyridine rings is 1. The third kappa shape index (κ3) is 4.95. The molecule has 1 aromatic heterocycles. The Morgan fingerprint density at radius 2 is 1.59 bits per heavy atom. The van der Waals surface area contributed by atoms with Crippen LogP contribution in [0, 0.1) is 0 Å². The molecule has 150 valence electrons. The van der Waals surface area contributed by atoms with Crippen molar-refractivity contribution in [1.29, 1.82) is 0 Å². The van der Waals surface area contributed by atoms with Gasteiger partial charge in [0, 0.05) is 30.1 Å². The molecule has 0 aliphatic rings. The number of rotatable bonds is 7. The van der Waals surface area contributed by atoms with Crippen molar-refractivity contribution in [3.63, 3.8) is 0 Å². The monoisotopic (exact) mass is 394 g/mol. The highest BCUT2D eigenvalue weighted by atomic mass is 16.5. The fraction of sp³-hybridized carbons (Fsp3) is 0.182. The summed E-state index contributed by atoms with van der Waals surface area (Å²) >= 11 is 0. The summed E-state index contributed by atoms with van der Waals surface area (Å²) in [6.07, 6.45) is 1.53. The van der Waals surface area contributed by atoms with Crippen LogP contribution in [0.4, 0.5) is 5.69 Å². The first-order valence-corrected chi connectivity index (χ1v) is 8.90. The van der Waals surface area contributed by atoms with E-state index in [0.29, 0.717) is 28.5 Å². The average molecular weight is 394 g/mol. The molecule has 7 heteroatoms.